The van der Waals surface area contributed by atoms with Crippen molar-refractivity contribution < 1.29 is 4.79 Å². The second-order valence-corrected chi connectivity index (χ2v) is 7.96. The molecule has 1 unspecified atom stereocenters. The van der Waals surface area contributed by atoms with E-state index in [4.69, 9.17) is 0 Å². The minimum Gasteiger partial charge on any atom is -0.341 e. The van der Waals surface area contributed by atoms with Crippen molar-refractivity contribution >= 4 is 16.8 Å². The highest BCUT2D eigenvalue weighted by Crippen LogP contribution is 2.27. The number of nitrogens with zero attached hydrogens (tertiary/aromatic N) is 3. The van der Waals surface area contributed by atoms with E-state index in [-0.39, 0.29) is 5.91 Å². The summed E-state index contributed by atoms with van der Waals surface area (Å²) < 4.78 is 0. The molecule has 1 saturated carbocycles. The second kappa shape index (κ2) is 7.75. The minimum atomic E-state index is 0.211. The number of carbonyl (C=O) groups excluding carboxylic acids is 1. The van der Waals surface area contributed by atoms with Crippen LogP contribution in [0.25, 0.3) is 10.9 Å². The molecule has 2 fully saturated rings. The van der Waals surface area contributed by atoms with Crippen molar-refractivity contribution in [2.45, 2.75) is 45.1 Å². The molecule has 4 rings (SSSR count). The number of carbonyl (C=O) groups is 1. The van der Waals surface area contributed by atoms with Crippen LogP contribution in [0.4, 0.5) is 0 Å². The van der Waals surface area contributed by atoms with Crippen LogP contribution in [0.1, 0.15) is 38.2 Å². The molecular weight excluding hydrogens is 322 g/mol. The van der Waals surface area contributed by atoms with Crippen LogP contribution < -0.4 is 0 Å². The minimum absolute atomic E-state index is 0.211. The Balaban J connectivity index is 1.57. The standard InChI is InChI=1S/C22H29N3O/c1-17(26)24-12-13-25(20-7-2-3-8-20)16-18(15-24)14-19-6-4-10-22-21(19)9-5-11-23-22/h4-6,9-11,18,20H,2-3,7-8,12-16H2,1H3. The summed E-state index contributed by atoms with van der Waals surface area (Å²) in [6.07, 6.45) is 8.23. The molecule has 0 spiro atoms. The molecule has 4 heteroatoms. The molecule has 26 heavy (non-hydrogen) atoms. The zero-order valence-corrected chi connectivity index (χ0v) is 15.7. The lowest BCUT2D eigenvalue weighted by molar-refractivity contribution is -0.129. The maximum Gasteiger partial charge on any atom is 0.219 e. The van der Waals surface area contributed by atoms with Gasteiger partial charge >= 0.3 is 0 Å². The smallest absolute Gasteiger partial charge is 0.219 e. The van der Waals surface area contributed by atoms with Gasteiger partial charge in [0, 0.05) is 50.7 Å². The number of aromatic nitrogens is 1. The summed E-state index contributed by atoms with van der Waals surface area (Å²) in [5.74, 6) is 0.690. The van der Waals surface area contributed by atoms with Crippen molar-refractivity contribution in [3.63, 3.8) is 0 Å². The third kappa shape index (κ3) is 3.75. The van der Waals surface area contributed by atoms with E-state index < -0.39 is 0 Å². The molecule has 0 radical (unpaired) electrons. The lowest BCUT2D eigenvalue weighted by Crippen LogP contribution is -2.38. The number of fused-ring (bicyclic) bond motifs is 1. The average molecular weight is 351 g/mol. The highest BCUT2D eigenvalue weighted by Gasteiger charge is 2.30. The average Bonchev–Trinajstić information content (AvgIpc) is 3.10. The highest BCUT2D eigenvalue weighted by molar-refractivity contribution is 5.82. The van der Waals surface area contributed by atoms with E-state index in [1.54, 1.807) is 6.92 Å². The number of benzene rings is 1. The molecule has 138 valence electrons. The zero-order chi connectivity index (χ0) is 17.9. The summed E-state index contributed by atoms with van der Waals surface area (Å²) >= 11 is 0. The maximum atomic E-state index is 12.1. The molecule has 0 bridgehead atoms. The van der Waals surface area contributed by atoms with Gasteiger partial charge in [0.05, 0.1) is 5.52 Å². The van der Waals surface area contributed by atoms with Crippen LogP contribution in [0.3, 0.4) is 0 Å². The third-order valence-corrected chi connectivity index (χ3v) is 6.16. The number of hydrogen-bond acceptors (Lipinski definition) is 3. The van der Waals surface area contributed by atoms with Crippen LogP contribution in [0.2, 0.25) is 0 Å². The Hall–Kier alpha value is -1.94. The van der Waals surface area contributed by atoms with Crippen LogP contribution in [-0.4, -0.2) is 52.9 Å². The maximum absolute atomic E-state index is 12.1. The predicted octanol–water partition coefficient (Wildman–Crippen LogP) is 3.50. The molecule has 1 atom stereocenters. The van der Waals surface area contributed by atoms with E-state index in [0.717, 1.165) is 44.2 Å². The van der Waals surface area contributed by atoms with Crippen molar-refractivity contribution in [3.8, 4) is 0 Å². The van der Waals surface area contributed by atoms with Crippen LogP contribution >= 0.6 is 0 Å². The van der Waals surface area contributed by atoms with Crippen molar-refractivity contribution in [3.05, 3.63) is 42.1 Å². The topological polar surface area (TPSA) is 36.4 Å². The number of amides is 1. The van der Waals surface area contributed by atoms with Crippen LogP contribution in [0, 0.1) is 5.92 Å². The molecule has 4 nitrogen and oxygen atoms in total. The SMILES string of the molecule is CC(=O)N1CCN(C2CCCC2)CC(Cc2cccc3ncccc23)C1. The van der Waals surface area contributed by atoms with Gasteiger partial charge in [0.25, 0.3) is 0 Å². The second-order valence-electron chi connectivity index (χ2n) is 7.96. The van der Waals surface area contributed by atoms with E-state index in [1.807, 2.05) is 12.3 Å². The van der Waals surface area contributed by atoms with Crippen LogP contribution in [-0.2, 0) is 11.2 Å². The normalized spacial score (nSPS) is 22.7. The van der Waals surface area contributed by atoms with Crippen LogP contribution in [0.5, 0.6) is 0 Å². The Morgan fingerprint density at radius 2 is 1.96 bits per heavy atom. The fourth-order valence-electron chi connectivity index (χ4n) is 4.81. The zero-order valence-electron chi connectivity index (χ0n) is 15.7. The Labute approximate surface area is 156 Å². The van der Waals surface area contributed by atoms with Gasteiger partial charge in [-0.05, 0) is 42.9 Å². The van der Waals surface area contributed by atoms with Gasteiger partial charge in [0.15, 0.2) is 0 Å². The van der Waals surface area contributed by atoms with Gasteiger partial charge in [-0.3, -0.25) is 14.7 Å². The quantitative estimate of drug-likeness (QED) is 0.849. The fourth-order valence-corrected chi connectivity index (χ4v) is 4.81. The van der Waals surface area contributed by atoms with E-state index >= 15 is 0 Å². The molecule has 1 amide bonds. The molecule has 1 aliphatic carbocycles. The first kappa shape index (κ1) is 17.5. The molecule has 2 aliphatic rings. The largest absolute Gasteiger partial charge is 0.341 e. The van der Waals surface area contributed by atoms with Gasteiger partial charge < -0.3 is 4.90 Å². The Kier molecular flexibility index (Phi) is 5.21. The summed E-state index contributed by atoms with van der Waals surface area (Å²) in [6, 6.07) is 11.3. The van der Waals surface area contributed by atoms with Gasteiger partial charge in [-0.15, -0.1) is 0 Å². The molecular formula is C22H29N3O. The number of hydrogen-bond donors (Lipinski definition) is 0. The van der Waals surface area contributed by atoms with Crippen molar-refractivity contribution in [1.82, 2.24) is 14.8 Å². The van der Waals surface area contributed by atoms with Gasteiger partial charge in [0.1, 0.15) is 0 Å². The van der Waals surface area contributed by atoms with Crippen LogP contribution in [0.15, 0.2) is 36.5 Å². The number of rotatable bonds is 3. The molecule has 2 heterocycles. The van der Waals surface area contributed by atoms with Gasteiger partial charge in [-0.1, -0.05) is 31.0 Å². The van der Waals surface area contributed by atoms with Crippen molar-refractivity contribution in [2.24, 2.45) is 5.92 Å². The Morgan fingerprint density at radius 3 is 2.77 bits per heavy atom. The lowest BCUT2D eigenvalue weighted by Gasteiger charge is -2.29. The van der Waals surface area contributed by atoms with Gasteiger partial charge in [0.2, 0.25) is 5.91 Å². The summed E-state index contributed by atoms with van der Waals surface area (Å²) in [4.78, 5) is 21.3. The van der Waals surface area contributed by atoms with E-state index in [2.05, 4.69) is 39.0 Å². The molecule has 0 N–H and O–H groups in total. The van der Waals surface area contributed by atoms with Gasteiger partial charge in [-0.2, -0.15) is 0 Å². The molecule has 1 aromatic heterocycles. The van der Waals surface area contributed by atoms with E-state index in [0.29, 0.717) is 5.92 Å². The first-order valence-corrected chi connectivity index (χ1v) is 10.0. The van der Waals surface area contributed by atoms with Crippen molar-refractivity contribution in [1.29, 1.82) is 0 Å². The first-order valence-electron chi connectivity index (χ1n) is 10.0. The summed E-state index contributed by atoms with van der Waals surface area (Å²) in [6.45, 7) is 5.59. The monoisotopic (exact) mass is 351 g/mol. The fraction of sp³-hybridized carbons (Fsp3) is 0.545. The summed E-state index contributed by atoms with van der Waals surface area (Å²) in [5.41, 5.74) is 2.42. The Bertz CT molecular complexity index is 764. The Morgan fingerprint density at radius 1 is 1.12 bits per heavy atom. The van der Waals surface area contributed by atoms with E-state index in [1.165, 1.54) is 36.6 Å². The predicted molar refractivity (Wildman–Crippen MR) is 105 cm³/mol. The van der Waals surface area contributed by atoms with Crippen molar-refractivity contribution in [2.75, 3.05) is 26.2 Å². The van der Waals surface area contributed by atoms with Gasteiger partial charge in [-0.25, -0.2) is 0 Å². The third-order valence-electron chi connectivity index (χ3n) is 6.16. The van der Waals surface area contributed by atoms with E-state index in [9.17, 15) is 4.79 Å². The molecule has 1 aromatic carbocycles. The lowest BCUT2D eigenvalue weighted by atomic mass is 9.95. The number of pyridine rings is 1. The molecule has 1 aliphatic heterocycles. The molecule has 1 saturated heterocycles. The summed E-state index contributed by atoms with van der Waals surface area (Å²) in [7, 11) is 0. The highest BCUT2D eigenvalue weighted by atomic mass is 16.2. The first-order chi connectivity index (χ1) is 12.7. The molecule has 2 aromatic rings. The summed E-state index contributed by atoms with van der Waals surface area (Å²) in [5, 5.41) is 1.25.